The van der Waals surface area contributed by atoms with E-state index >= 15 is 0 Å². The molecule has 0 spiro atoms. The van der Waals surface area contributed by atoms with Crippen molar-refractivity contribution in [2.75, 3.05) is 46.4 Å². The molecular formula is C23H32IN5O4. The number of aromatic nitrogens is 1. The molecular weight excluding hydrogens is 537 g/mol. The average Bonchev–Trinajstić information content (AvgIpc) is 2.82. The van der Waals surface area contributed by atoms with Gasteiger partial charge in [0.2, 0.25) is 5.88 Å². The zero-order chi connectivity index (χ0) is 22.8. The number of pyridine rings is 1. The molecule has 0 atom stereocenters. The monoisotopic (exact) mass is 569 g/mol. The summed E-state index contributed by atoms with van der Waals surface area (Å²) in [7, 11) is 1.76. The average molecular weight is 569 g/mol. The predicted molar refractivity (Wildman–Crippen MR) is 138 cm³/mol. The Morgan fingerprint density at radius 3 is 2.33 bits per heavy atom. The summed E-state index contributed by atoms with van der Waals surface area (Å²) in [4.78, 5) is 24.4. The van der Waals surface area contributed by atoms with Gasteiger partial charge < -0.3 is 29.3 Å². The van der Waals surface area contributed by atoms with E-state index in [2.05, 4.69) is 20.2 Å². The summed E-state index contributed by atoms with van der Waals surface area (Å²) >= 11 is 0. The van der Waals surface area contributed by atoms with Gasteiger partial charge in [-0.2, -0.15) is 0 Å². The third-order valence-electron chi connectivity index (χ3n) is 4.92. The number of halogens is 1. The number of aliphatic imine (C=N–C) groups is 1. The zero-order valence-electron chi connectivity index (χ0n) is 19.3. The van der Waals surface area contributed by atoms with Crippen LogP contribution < -0.4 is 14.8 Å². The van der Waals surface area contributed by atoms with Gasteiger partial charge in [0, 0.05) is 52.0 Å². The maximum absolute atomic E-state index is 11.9. The number of ether oxygens (including phenoxy) is 3. The summed E-state index contributed by atoms with van der Waals surface area (Å²) in [6, 6.07) is 11.3. The molecule has 0 aliphatic carbocycles. The van der Waals surface area contributed by atoms with Gasteiger partial charge in [0.25, 0.3) is 0 Å². The molecule has 1 aromatic heterocycles. The number of carbonyl (C=O) groups excluding carboxylic acids is 1. The molecule has 0 saturated carbocycles. The third kappa shape index (κ3) is 7.95. The Bertz CT molecular complexity index is 902. The van der Waals surface area contributed by atoms with Gasteiger partial charge in [-0.05, 0) is 49.7 Å². The Hall–Kier alpha value is -2.76. The minimum absolute atomic E-state index is 0. The maximum Gasteiger partial charge on any atom is 0.409 e. The number of amides is 1. The lowest BCUT2D eigenvalue weighted by Gasteiger charge is -2.35. The predicted octanol–water partition coefficient (Wildman–Crippen LogP) is 3.74. The van der Waals surface area contributed by atoms with Crippen molar-refractivity contribution < 1.29 is 19.0 Å². The van der Waals surface area contributed by atoms with Crippen molar-refractivity contribution in [1.82, 2.24) is 20.1 Å². The van der Waals surface area contributed by atoms with E-state index < -0.39 is 0 Å². The van der Waals surface area contributed by atoms with E-state index in [9.17, 15) is 4.79 Å². The normalized spacial score (nSPS) is 13.7. The summed E-state index contributed by atoms with van der Waals surface area (Å²) in [5, 5.41) is 3.38. The molecule has 1 aliphatic heterocycles. The van der Waals surface area contributed by atoms with Gasteiger partial charge >= 0.3 is 6.09 Å². The highest BCUT2D eigenvalue weighted by molar-refractivity contribution is 14.0. The molecule has 2 heterocycles. The van der Waals surface area contributed by atoms with Crippen LogP contribution >= 0.6 is 24.0 Å². The van der Waals surface area contributed by atoms with Gasteiger partial charge in [-0.25, -0.2) is 9.78 Å². The number of nitrogens with one attached hydrogen (secondary N) is 1. The van der Waals surface area contributed by atoms with E-state index in [1.807, 2.05) is 50.2 Å². The summed E-state index contributed by atoms with van der Waals surface area (Å²) < 4.78 is 16.4. The molecule has 180 valence electrons. The van der Waals surface area contributed by atoms with Gasteiger partial charge in [-0.1, -0.05) is 0 Å². The van der Waals surface area contributed by atoms with Crippen LogP contribution in [0.25, 0.3) is 0 Å². The lowest BCUT2D eigenvalue weighted by Crippen LogP contribution is -2.53. The SMILES string of the molecule is CCOC(=O)N1CCN(C(=NC)NCc2ccnc(Oc3ccc(OCC)cc3)c2)CC1.I. The molecule has 1 aromatic carbocycles. The Balaban J connectivity index is 0.00000385. The number of guanidine groups is 1. The molecule has 1 saturated heterocycles. The molecule has 10 heteroatoms. The largest absolute Gasteiger partial charge is 0.494 e. The van der Waals surface area contributed by atoms with E-state index in [4.69, 9.17) is 14.2 Å². The van der Waals surface area contributed by atoms with Crippen LogP contribution in [0.15, 0.2) is 47.6 Å². The molecule has 0 bridgehead atoms. The van der Waals surface area contributed by atoms with Crippen molar-refractivity contribution >= 4 is 36.0 Å². The van der Waals surface area contributed by atoms with Gasteiger partial charge in [-0.3, -0.25) is 4.99 Å². The molecule has 2 aromatic rings. The highest BCUT2D eigenvalue weighted by Gasteiger charge is 2.23. The highest BCUT2D eigenvalue weighted by Crippen LogP contribution is 2.23. The fourth-order valence-corrected chi connectivity index (χ4v) is 3.34. The number of carbonyl (C=O) groups is 1. The highest BCUT2D eigenvalue weighted by atomic mass is 127. The molecule has 1 aliphatic rings. The number of hydrogen-bond donors (Lipinski definition) is 1. The first-order valence-electron chi connectivity index (χ1n) is 10.9. The molecule has 9 nitrogen and oxygen atoms in total. The Kier molecular flexibility index (Phi) is 11.0. The van der Waals surface area contributed by atoms with Crippen LogP contribution in [-0.2, 0) is 11.3 Å². The van der Waals surface area contributed by atoms with Gasteiger partial charge in [0.05, 0.1) is 13.2 Å². The van der Waals surface area contributed by atoms with Crippen LogP contribution in [0.2, 0.25) is 0 Å². The van der Waals surface area contributed by atoms with Gasteiger partial charge in [0.15, 0.2) is 5.96 Å². The standard InChI is InChI=1S/C23H31N5O4.HI/c1-4-30-19-6-8-20(9-7-19)32-21-16-18(10-11-25-21)17-26-22(24-3)27-12-14-28(15-13-27)23(29)31-5-2;/h6-11,16H,4-5,12-15,17H2,1-3H3,(H,24,26);1H. The zero-order valence-corrected chi connectivity index (χ0v) is 21.7. The second-order valence-corrected chi connectivity index (χ2v) is 7.08. The van der Waals surface area contributed by atoms with Crippen molar-refractivity contribution in [1.29, 1.82) is 0 Å². The van der Waals surface area contributed by atoms with E-state index in [1.54, 1.807) is 18.1 Å². The van der Waals surface area contributed by atoms with Crippen molar-refractivity contribution in [3.05, 3.63) is 48.2 Å². The molecule has 0 radical (unpaired) electrons. The summed E-state index contributed by atoms with van der Waals surface area (Å²) in [6.45, 7) is 7.96. The lowest BCUT2D eigenvalue weighted by atomic mass is 10.2. The van der Waals surface area contributed by atoms with E-state index in [0.29, 0.717) is 57.6 Å². The molecule has 3 rings (SSSR count). The summed E-state index contributed by atoms with van der Waals surface area (Å²) in [5.74, 6) is 2.81. The second kappa shape index (κ2) is 13.7. The Morgan fingerprint density at radius 2 is 1.70 bits per heavy atom. The van der Waals surface area contributed by atoms with E-state index in [0.717, 1.165) is 17.3 Å². The Morgan fingerprint density at radius 1 is 1.03 bits per heavy atom. The number of piperazine rings is 1. The number of benzene rings is 1. The second-order valence-electron chi connectivity index (χ2n) is 7.08. The van der Waals surface area contributed by atoms with Crippen LogP contribution in [0.1, 0.15) is 19.4 Å². The fraction of sp³-hybridized carbons (Fsp3) is 0.435. The molecule has 33 heavy (non-hydrogen) atoms. The van der Waals surface area contributed by atoms with Crippen molar-refractivity contribution in [3.63, 3.8) is 0 Å². The minimum atomic E-state index is -0.257. The molecule has 1 N–H and O–H groups in total. The molecule has 0 unspecified atom stereocenters. The first-order valence-corrected chi connectivity index (χ1v) is 10.9. The van der Waals surface area contributed by atoms with Gasteiger partial charge in [0.1, 0.15) is 11.5 Å². The maximum atomic E-state index is 11.9. The molecule has 1 amide bonds. The molecule has 1 fully saturated rings. The lowest BCUT2D eigenvalue weighted by molar-refractivity contribution is 0.0914. The minimum Gasteiger partial charge on any atom is -0.494 e. The van der Waals surface area contributed by atoms with Crippen LogP contribution in [0.4, 0.5) is 4.79 Å². The summed E-state index contributed by atoms with van der Waals surface area (Å²) in [5.41, 5.74) is 1.02. The topological polar surface area (TPSA) is 88.5 Å². The first kappa shape index (κ1) is 26.5. The van der Waals surface area contributed by atoms with Crippen LogP contribution in [0.5, 0.6) is 17.4 Å². The quantitative estimate of drug-likeness (QED) is 0.309. The fourth-order valence-electron chi connectivity index (χ4n) is 3.34. The Labute approximate surface area is 212 Å². The smallest absolute Gasteiger partial charge is 0.409 e. The number of hydrogen-bond acceptors (Lipinski definition) is 6. The van der Waals surface area contributed by atoms with Crippen molar-refractivity contribution in [2.24, 2.45) is 4.99 Å². The van der Waals surface area contributed by atoms with Crippen molar-refractivity contribution in [3.8, 4) is 17.4 Å². The number of rotatable bonds is 7. The third-order valence-corrected chi connectivity index (χ3v) is 4.92. The van der Waals surface area contributed by atoms with E-state index in [-0.39, 0.29) is 30.1 Å². The van der Waals surface area contributed by atoms with Crippen LogP contribution in [-0.4, -0.2) is 73.3 Å². The van der Waals surface area contributed by atoms with E-state index in [1.165, 1.54) is 0 Å². The van der Waals surface area contributed by atoms with Gasteiger partial charge in [-0.15, -0.1) is 24.0 Å². The van der Waals surface area contributed by atoms with Crippen LogP contribution in [0, 0.1) is 0 Å². The van der Waals surface area contributed by atoms with Crippen molar-refractivity contribution in [2.45, 2.75) is 20.4 Å². The summed E-state index contributed by atoms with van der Waals surface area (Å²) in [6.07, 6.45) is 1.47. The number of nitrogens with zero attached hydrogens (tertiary/aromatic N) is 4. The van der Waals surface area contributed by atoms with Crippen LogP contribution in [0.3, 0.4) is 0 Å². The first-order chi connectivity index (χ1) is 15.6.